The van der Waals surface area contributed by atoms with Crippen LogP contribution in [0.3, 0.4) is 0 Å². The van der Waals surface area contributed by atoms with Gasteiger partial charge in [-0.05, 0) is 59.4 Å². The van der Waals surface area contributed by atoms with E-state index in [1.165, 1.54) is 0 Å². The molecule has 268 valence electrons. The van der Waals surface area contributed by atoms with Crippen LogP contribution in [-0.4, -0.2) is 132 Å². The van der Waals surface area contributed by atoms with Crippen LogP contribution in [-0.2, 0) is 42.9 Å². The van der Waals surface area contributed by atoms with Gasteiger partial charge in [0.2, 0.25) is 17.7 Å². The Morgan fingerprint density at radius 1 is 0.717 bits per heavy atom. The smallest absolute Gasteiger partial charge is 0.407 e. The van der Waals surface area contributed by atoms with Crippen molar-refractivity contribution in [3.63, 3.8) is 0 Å². The van der Waals surface area contributed by atoms with E-state index in [0.717, 1.165) is 13.0 Å². The molecule has 0 radical (unpaired) electrons. The maximum absolute atomic E-state index is 12.3. The molecule has 0 aliphatic carbocycles. The maximum atomic E-state index is 12.3. The summed E-state index contributed by atoms with van der Waals surface area (Å²) in [4.78, 5) is 59.2. The number of alkyl carbamates (subject to hydrolysis) is 1. The van der Waals surface area contributed by atoms with Crippen LogP contribution in [0.5, 0.6) is 0 Å². The molecular formula is C30H57N5O11. The lowest BCUT2D eigenvalue weighted by molar-refractivity contribution is -0.142. The maximum Gasteiger partial charge on any atom is 0.407 e. The number of unbranched alkanes of at least 4 members (excludes halogenated alkanes) is 1. The van der Waals surface area contributed by atoms with Gasteiger partial charge in [-0.15, -0.1) is 0 Å². The van der Waals surface area contributed by atoms with E-state index >= 15 is 0 Å². The normalized spacial score (nSPS) is 12.7. The number of aliphatic carboxylic acids is 1. The van der Waals surface area contributed by atoms with Crippen LogP contribution in [0.1, 0.15) is 60.8 Å². The number of carboxylic acids is 1. The molecule has 0 aromatic carbocycles. The predicted octanol–water partition coefficient (Wildman–Crippen LogP) is 0.184. The van der Waals surface area contributed by atoms with E-state index in [-0.39, 0.29) is 95.8 Å². The molecule has 0 bridgehead atoms. The molecule has 0 rings (SSSR count). The molecule has 2 unspecified atom stereocenters. The number of amides is 4. The van der Waals surface area contributed by atoms with Gasteiger partial charge in [0.1, 0.15) is 25.3 Å². The Balaban J connectivity index is 3.77. The lowest BCUT2D eigenvalue weighted by Crippen LogP contribution is -2.50. The molecule has 0 spiro atoms. The van der Waals surface area contributed by atoms with Gasteiger partial charge < -0.3 is 55.4 Å². The van der Waals surface area contributed by atoms with Crippen LogP contribution >= 0.6 is 0 Å². The second-order valence-electron chi connectivity index (χ2n) is 11.7. The summed E-state index contributed by atoms with van der Waals surface area (Å²) in [6.45, 7) is 13.7. The largest absolute Gasteiger partial charge is 0.480 e. The number of carboxylic acid groups (broad SMARTS) is 1. The van der Waals surface area contributed by atoms with E-state index < -0.39 is 30.1 Å². The van der Waals surface area contributed by atoms with Crippen molar-refractivity contribution in [2.75, 3.05) is 79.1 Å². The van der Waals surface area contributed by atoms with E-state index in [0.29, 0.717) is 12.8 Å². The third kappa shape index (κ3) is 25.2. The second-order valence-corrected chi connectivity index (χ2v) is 11.7. The molecule has 2 atom stereocenters. The van der Waals surface area contributed by atoms with Crippen molar-refractivity contribution < 1.29 is 52.8 Å². The highest BCUT2D eigenvalue weighted by molar-refractivity contribution is 5.86. The lowest BCUT2D eigenvalue weighted by Gasteiger charge is -2.21. The van der Waals surface area contributed by atoms with Gasteiger partial charge >= 0.3 is 12.1 Å². The van der Waals surface area contributed by atoms with Crippen molar-refractivity contribution in [1.82, 2.24) is 26.6 Å². The zero-order valence-electron chi connectivity index (χ0n) is 28.4. The molecular weight excluding hydrogens is 606 g/mol. The quantitative estimate of drug-likeness (QED) is 0.0650. The van der Waals surface area contributed by atoms with Gasteiger partial charge in [-0.2, -0.15) is 0 Å². The van der Waals surface area contributed by atoms with Gasteiger partial charge in [0.25, 0.3) is 0 Å². The summed E-state index contributed by atoms with van der Waals surface area (Å²) in [5.41, 5.74) is -0.000102. The van der Waals surface area contributed by atoms with Crippen molar-refractivity contribution in [3.05, 3.63) is 0 Å². The minimum Gasteiger partial charge on any atom is -0.480 e. The molecule has 0 aliphatic heterocycles. The monoisotopic (exact) mass is 663 g/mol. The second kappa shape index (κ2) is 26.1. The number of nitrogens with one attached hydrogen (secondary N) is 5. The van der Waals surface area contributed by atoms with Crippen LogP contribution in [0, 0.1) is 5.92 Å². The minimum absolute atomic E-state index is 0.000102. The number of carbonyl (C=O) groups is 5. The molecule has 0 aliphatic rings. The first-order chi connectivity index (χ1) is 21.8. The molecule has 16 heteroatoms. The minimum atomic E-state index is -1.08. The average molecular weight is 664 g/mol. The van der Waals surface area contributed by atoms with Gasteiger partial charge in [0.05, 0.1) is 46.2 Å². The Morgan fingerprint density at radius 2 is 1.28 bits per heavy atom. The van der Waals surface area contributed by atoms with E-state index in [9.17, 15) is 29.1 Å². The summed E-state index contributed by atoms with van der Waals surface area (Å²) in [6, 6.07) is -1.69. The summed E-state index contributed by atoms with van der Waals surface area (Å²) in [6.07, 6.45) is 1.15. The van der Waals surface area contributed by atoms with E-state index in [4.69, 9.17) is 23.7 Å². The number of hydrogen-bond donors (Lipinski definition) is 6. The first-order valence-corrected chi connectivity index (χ1v) is 15.8. The molecule has 0 heterocycles. The molecule has 0 saturated carbocycles. The van der Waals surface area contributed by atoms with Crippen LogP contribution in [0.2, 0.25) is 0 Å². The molecule has 0 aromatic heterocycles. The highest BCUT2D eigenvalue weighted by Crippen LogP contribution is 2.04. The summed E-state index contributed by atoms with van der Waals surface area (Å²) < 4.78 is 26.0. The van der Waals surface area contributed by atoms with Crippen LogP contribution in [0.15, 0.2) is 0 Å². The van der Waals surface area contributed by atoms with Gasteiger partial charge in [-0.1, -0.05) is 13.8 Å². The fourth-order valence-corrected chi connectivity index (χ4v) is 3.70. The molecule has 46 heavy (non-hydrogen) atoms. The van der Waals surface area contributed by atoms with E-state index in [2.05, 4.69) is 47.4 Å². The van der Waals surface area contributed by atoms with Crippen molar-refractivity contribution in [1.29, 1.82) is 0 Å². The zero-order valence-corrected chi connectivity index (χ0v) is 28.4. The Hall–Kier alpha value is -3.05. The SMILES string of the molecule is CCOC(=O)NC(C(=O)NCCOCCOCC(=O)NCCOCCOCC(=O)NC(CCCCNC(C)(C)C)C(=O)O)C(C)C. The highest BCUT2D eigenvalue weighted by atomic mass is 16.5. The Bertz CT molecular complexity index is 884. The van der Waals surface area contributed by atoms with Gasteiger partial charge in [0, 0.05) is 18.6 Å². The van der Waals surface area contributed by atoms with Crippen LogP contribution in [0.4, 0.5) is 4.79 Å². The average Bonchev–Trinajstić information content (AvgIpc) is 2.96. The Labute approximate surface area is 272 Å². The Kier molecular flexibility index (Phi) is 24.3. The highest BCUT2D eigenvalue weighted by Gasteiger charge is 2.24. The summed E-state index contributed by atoms with van der Waals surface area (Å²) in [5.74, 6) is -2.38. The lowest BCUT2D eigenvalue weighted by atomic mass is 10.0. The summed E-state index contributed by atoms with van der Waals surface area (Å²) >= 11 is 0. The van der Waals surface area contributed by atoms with Gasteiger partial charge in [-0.3, -0.25) is 14.4 Å². The van der Waals surface area contributed by atoms with E-state index in [1.54, 1.807) is 6.92 Å². The molecule has 16 nitrogen and oxygen atoms in total. The topological polar surface area (TPSA) is 212 Å². The van der Waals surface area contributed by atoms with Gasteiger partial charge in [0.15, 0.2) is 0 Å². The standard InChI is InChI=1S/C30H57N5O11/c1-7-46-29(41)35-26(22(2)3)27(38)32-13-15-43-16-18-44-20-24(36)31-12-14-42-17-19-45-21-25(37)34-23(28(39)40)10-8-9-11-33-30(4,5)6/h22-23,26,33H,7-21H2,1-6H3,(H,31,36)(H,32,38)(H,34,37)(H,35,41)(H,39,40). The Morgan fingerprint density at radius 3 is 1.83 bits per heavy atom. The summed E-state index contributed by atoms with van der Waals surface area (Å²) in [7, 11) is 0. The van der Waals surface area contributed by atoms with Crippen molar-refractivity contribution >= 4 is 29.8 Å². The number of ether oxygens (including phenoxy) is 5. The summed E-state index contributed by atoms with van der Waals surface area (Å²) in [5, 5.41) is 23.0. The van der Waals surface area contributed by atoms with Gasteiger partial charge in [-0.25, -0.2) is 9.59 Å². The third-order valence-corrected chi connectivity index (χ3v) is 6.03. The fourth-order valence-electron chi connectivity index (χ4n) is 3.70. The zero-order chi connectivity index (χ0) is 34.8. The van der Waals surface area contributed by atoms with Crippen LogP contribution < -0.4 is 26.6 Å². The molecule has 6 N–H and O–H groups in total. The van der Waals surface area contributed by atoms with E-state index in [1.807, 2.05) is 13.8 Å². The molecule has 0 fully saturated rings. The number of carbonyl (C=O) groups excluding carboxylic acids is 4. The molecule has 0 aromatic rings. The fraction of sp³-hybridized carbons (Fsp3) is 0.833. The molecule has 0 saturated heterocycles. The first-order valence-electron chi connectivity index (χ1n) is 15.8. The number of rotatable bonds is 27. The molecule has 4 amide bonds. The first kappa shape index (κ1) is 43.0. The van der Waals surface area contributed by atoms with Crippen molar-refractivity contribution in [3.8, 4) is 0 Å². The third-order valence-electron chi connectivity index (χ3n) is 6.03. The van der Waals surface area contributed by atoms with Crippen LogP contribution in [0.25, 0.3) is 0 Å². The number of hydrogen-bond acceptors (Lipinski definition) is 11. The van der Waals surface area contributed by atoms with Crippen molar-refractivity contribution in [2.45, 2.75) is 78.4 Å². The predicted molar refractivity (Wildman–Crippen MR) is 169 cm³/mol. The van der Waals surface area contributed by atoms with Crippen molar-refractivity contribution in [2.24, 2.45) is 5.92 Å².